The van der Waals surface area contributed by atoms with Crippen LogP contribution < -0.4 is 5.73 Å². The Hall–Kier alpha value is -1.43. The summed E-state index contributed by atoms with van der Waals surface area (Å²) in [7, 11) is 0. The number of nitrogens with zero attached hydrogens (tertiary/aromatic N) is 3. The molecule has 118 valence electrons. The predicted molar refractivity (Wildman–Crippen MR) is 79.7 cm³/mol. The maximum atomic E-state index is 12.3. The Morgan fingerprint density at radius 1 is 1.48 bits per heavy atom. The van der Waals surface area contributed by atoms with Gasteiger partial charge >= 0.3 is 0 Å². The number of carbonyl (C=O) groups excluding carboxylic acids is 1. The Labute approximate surface area is 126 Å². The van der Waals surface area contributed by atoms with E-state index in [1.54, 1.807) is 0 Å². The van der Waals surface area contributed by atoms with Crippen LogP contribution in [0.5, 0.6) is 0 Å². The van der Waals surface area contributed by atoms with Gasteiger partial charge in [-0.05, 0) is 25.8 Å². The molecule has 0 spiro atoms. The van der Waals surface area contributed by atoms with Crippen LogP contribution in [0.2, 0.25) is 0 Å². The summed E-state index contributed by atoms with van der Waals surface area (Å²) in [5, 5.41) is 3.98. The maximum Gasteiger partial charge on any atom is 0.227 e. The average Bonchev–Trinajstić information content (AvgIpc) is 3.01. The van der Waals surface area contributed by atoms with Crippen LogP contribution in [-0.4, -0.2) is 40.1 Å². The van der Waals surface area contributed by atoms with Gasteiger partial charge in [0.1, 0.15) is 0 Å². The molecule has 0 radical (unpaired) electrons. The van der Waals surface area contributed by atoms with E-state index in [1.165, 1.54) is 0 Å². The number of aromatic nitrogens is 2. The molecule has 0 saturated carbocycles. The van der Waals surface area contributed by atoms with Crippen LogP contribution in [-0.2, 0) is 16.6 Å². The van der Waals surface area contributed by atoms with Crippen molar-refractivity contribution in [2.75, 3.05) is 13.1 Å². The lowest BCUT2D eigenvalue weighted by Gasteiger charge is -2.21. The lowest BCUT2D eigenvalue weighted by Crippen LogP contribution is -2.34. The fraction of sp³-hybridized carbons (Fsp3) is 0.800. The molecule has 0 aliphatic carbocycles. The van der Waals surface area contributed by atoms with E-state index in [0.717, 1.165) is 13.0 Å². The molecule has 1 aliphatic rings. The molecule has 2 unspecified atom stereocenters. The largest absolute Gasteiger partial charge is 0.340 e. The summed E-state index contributed by atoms with van der Waals surface area (Å²) in [5.74, 6) is 1.80. The van der Waals surface area contributed by atoms with Crippen LogP contribution in [0.25, 0.3) is 0 Å². The molecule has 1 aliphatic heterocycles. The van der Waals surface area contributed by atoms with Gasteiger partial charge in [-0.25, -0.2) is 0 Å². The van der Waals surface area contributed by atoms with E-state index in [0.29, 0.717) is 37.0 Å². The minimum absolute atomic E-state index is 0.135. The normalized spacial score (nSPS) is 22.8. The quantitative estimate of drug-likeness (QED) is 0.909. The smallest absolute Gasteiger partial charge is 0.227 e. The van der Waals surface area contributed by atoms with Gasteiger partial charge in [-0.15, -0.1) is 0 Å². The fourth-order valence-electron chi connectivity index (χ4n) is 2.68. The van der Waals surface area contributed by atoms with Gasteiger partial charge in [0.05, 0.1) is 0 Å². The number of rotatable bonds is 4. The Morgan fingerprint density at radius 3 is 2.71 bits per heavy atom. The van der Waals surface area contributed by atoms with Gasteiger partial charge in [-0.2, -0.15) is 4.98 Å². The standard InChI is InChI=1S/C15H26N4O2/c1-10-7-11(8-16)9-19(10)13(20)6-5-12-17-14(18-21-12)15(2,3)4/h10-11H,5-9,16H2,1-4H3. The zero-order chi connectivity index (χ0) is 15.6. The first kappa shape index (κ1) is 15.9. The first-order valence-electron chi connectivity index (χ1n) is 7.64. The topological polar surface area (TPSA) is 85.2 Å². The summed E-state index contributed by atoms with van der Waals surface area (Å²) in [5.41, 5.74) is 5.56. The third-order valence-corrected chi connectivity index (χ3v) is 4.01. The van der Waals surface area contributed by atoms with Gasteiger partial charge < -0.3 is 15.2 Å². The molecule has 2 heterocycles. The van der Waals surface area contributed by atoms with E-state index >= 15 is 0 Å². The van der Waals surface area contributed by atoms with Gasteiger partial charge in [-0.3, -0.25) is 4.79 Å². The van der Waals surface area contributed by atoms with Gasteiger partial charge in [-0.1, -0.05) is 25.9 Å². The number of likely N-dealkylation sites (tertiary alicyclic amines) is 1. The van der Waals surface area contributed by atoms with Crippen LogP contribution in [0, 0.1) is 5.92 Å². The molecule has 1 amide bonds. The Balaban J connectivity index is 1.88. The maximum absolute atomic E-state index is 12.3. The van der Waals surface area contributed by atoms with E-state index in [4.69, 9.17) is 10.3 Å². The van der Waals surface area contributed by atoms with Gasteiger partial charge in [0, 0.05) is 30.8 Å². The van der Waals surface area contributed by atoms with Crippen molar-refractivity contribution in [2.45, 2.75) is 58.4 Å². The molecule has 0 bridgehead atoms. The van der Waals surface area contributed by atoms with Crippen molar-refractivity contribution in [2.24, 2.45) is 11.7 Å². The fourth-order valence-corrected chi connectivity index (χ4v) is 2.68. The minimum Gasteiger partial charge on any atom is -0.340 e. The summed E-state index contributed by atoms with van der Waals surface area (Å²) in [6.45, 7) is 9.60. The molecule has 1 fully saturated rings. The number of aryl methyl sites for hydroxylation is 1. The van der Waals surface area contributed by atoms with Gasteiger partial charge in [0.15, 0.2) is 5.82 Å². The highest BCUT2D eigenvalue weighted by molar-refractivity contribution is 5.77. The van der Waals surface area contributed by atoms with Gasteiger partial charge in [0.2, 0.25) is 11.8 Å². The second-order valence-corrected chi connectivity index (χ2v) is 6.99. The molecule has 1 aromatic rings. The second-order valence-electron chi connectivity index (χ2n) is 6.99. The van der Waals surface area contributed by atoms with Crippen LogP contribution in [0.4, 0.5) is 0 Å². The molecule has 1 saturated heterocycles. The van der Waals surface area contributed by atoms with E-state index in [2.05, 4.69) is 17.1 Å². The number of amides is 1. The highest BCUT2D eigenvalue weighted by Gasteiger charge is 2.31. The summed E-state index contributed by atoms with van der Waals surface area (Å²) in [6.07, 6.45) is 1.91. The molecule has 2 N–H and O–H groups in total. The van der Waals surface area contributed by atoms with E-state index < -0.39 is 0 Å². The molecule has 1 aromatic heterocycles. The molecule has 6 nitrogen and oxygen atoms in total. The third-order valence-electron chi connectivity index (χ3n) is 4.01. The molecule has 21 heavy (non-hydrogen) atoms. The Bertz CT molecular complexity index is 492. The van der Waals surface area contributed by atoms with E-state index in [9.17, 15) is 4.79 Å². The number of hydrogen-bond donors (Lipinski definition) is 1. The third kappa shape index (κ3) is 3.81. The lowest BCUT2D eigenvalue weighted by atomic mass is 9.96. The van der Waals surface area contributed by atoms with Gasteiger partial charge in [0.25, 0.3) is 0 Å². The average molecular weight is 294 g/mol. The van der Waals surface area contributed by atoms with Crippen LogP contribution in [0.15, 0.2) is 4.52 Å². The minimum atomic E-state index is -0.135. The van der Waals surface area contributed by atoms with Crippen molar-refractivity contribution < 1.29 is 9.32 Å². The SMILES string of the molecule is CC1CC(CN)CN1C(=O)CCc1nc(C(C)(C)C)no1. The molecule has 0 aromatic carbocycles. The predicted octanol–water partition coefficient (Wildman–Crippen LogP) is 1.50. The first-order chi connectivity index (χ1) is 9.81. The van der Waals surface area contributed by atoms with Crippen LogP contribution in [0.3, 0.4) is 0 Å². The Kier molecular flexibility index (Phi) is 4.66. The summed E-state index contributed by atoms with van der Waals surface area (Å²) >= 11 is 0. The number of nitrogens with two attached hydrogens (primary N) is 1. The van der Waals surface area contributed by atoms with E-state index in [-0.39, 0.29) is 17.4 Å². The van der Waals surface area contributed by atoms with Crippen molar-refractivity contribution in [1.29, 1.82) is 0 Å². The molecular weight excluding hydrogens is 268 g/mol. The zero-order valence-electron chi connectivity index (χ0n) is 13.4. The summed E-state index contributed by atoms with van der Waals surface area (Å²) in [6, 6.07) is 0.277. The molecule has 6 heteroatoms. The summed E-state index contributed by atoms with van der Waals surface area (Å²) in [4.78, 5) is 18.6. The highest BCUT2D eigenvalue weighted by Crippen LogP contribution is 2.23. The summed E-state index contributed by atoms with van der Waals surface area (Å²) < 4.78 is 5.22. The molecule has 2 rings (SSSR count). The molecule has 2 atom stereocenters. The van der Waals surface area contributed by atoms with Crippen molar-refractivity contribution >= 4 is 5.91 Å². The number of carbonyl (C=O) groups is 1. The van der Waals surface area contributed by atoms with Crippen LogP contribution in [0.1, 0.15) is 52.3 Å². The van der Waals surface area contributed by atoms with Crippen molar-refractivity contribution in [3.63, 3.8) is 0 Å². The van der Waals surface area contributed by atoms with Crippen molar-refractivity contribution in [3.05, 3.63) is 11.7 Å². The van der Waals surface area contributed by atoms with Crippen molar-refractivity contribution in [3.8, 4) is 0 Å². The lowest BCUT2D eigenvalue weighted by molar-refractivity contribution is -0.131. The zero-order valence-corrected chi connectivity index (χ0v) is 13.4. The first-order valence-corrected chi connectivity index (χ1v) is 7.64. The molecular formula is C15H26N4O2. The Morgan fingerprint density at radius 2 is 2.19 bits per heavy atom. The van der Waals surface area contributed by atoms with E-state index in [1.807, 2.05) is 25.7 Å². The highest BCUT2D eigenvalue weighted by atomic mass is 16.5. The monoisotopic (exact) mass is 294 g/mol. The second kappa shape index (κ2) is 6.13. The number of hydrogen-bond acceptors (Lipinski definition) is 5. The van der Waals surface area contributed by atoms with Crippen molar-refractivity contribution in [1.82, 2.24) is 15.0 Å². The van der Waals surface area contributed by atoms with Crippen LogP contribution >= 0.6 is 0 Å².